The average molecular weight is 199 g/mol. The first-order chi connectivity index (χ1) is 6.18. The van der Waals surface area contributed by atoms with Crippen molar-refractivity contribution in [2.24, 2.45) is 5.41 Å². The molecule has 1 fully saturated rings. The van der Waals surface area contributed by atoms with Gasteiger partial charge in [-0.3, -0.25) is 0 Å². The summed E-state index contributed by atoms with van der Waals surface area (Å²) >= 11 is 6.16. The highest BCUT2D eigenvalue weighted by atomic mass is 35.5. The van der Waals surface area contributed by atoms with E-state index in [-0.39, 0.29) is 0 Å². The van der Waals surface area contributed by atoms with E-state index in [9.17, 15) is 0 Å². The summed E-state index contributed by atoms with van der Waals surface area (Å²) in [6.45, 7) is 2.41. The minimum Gasteiger partial charge on any atom is -0.123 e. The van der Waals surface area contributed by atoms with Crippen LogP contribution in [0.3, 0.4) is 0 Å². The summed E-state index contributed by atoms with van der Waals surface area (Å²) in [6.07, 6.45) is 11.6. The summed E-state index contributed by atoms with van der Waals surface area (Å²) in [5.74, 6) is 0. The molecule has 0 aliphatic heterocycles. The van der Waals surface area contributed by atoms with Crippen LogP contribution in [-0.2, 0) is 0 Å². The van der Waals surface area contributed by atoms with Gasteiger partial charge in [0.2, 0.25) is 0 Å². The van der Waals surface area contributed by atoms with Crippen LogP contribution in [0.2, 0.25) is 0 Å². The summed E-state index contributed by atoms with van der Waals surface area (Å²) in [5, 5.41) is 0.451. The van der Waals surface area contributed by atoms with Crippen molar-refractivity contribution in [2.75, 3.05) is 0 Å². The number of rotatable bonds is 2. The maximum atomic E-state index is 6.16. The molecule has 0 heterocycles. The first kappa shape index (κ1) is 9.58. The van der Waals surface area contributed by atoms with Gasteiger partial charge in [0.15, 0.2) is 0 Å². The molecule has 13 heavy (non-hydrogen) atoms. The number of alkyl halides is 1. The smallest absolute Gasteiger partial charge is 0.0341 e. The van der Waals surface area contributed by atoms with Crippen LogP contribution in [0.25, 0.3) is 0 Å². The Morgan fingerprint density at radius 3 is 3.00 bits per heavy atom. The van der Waals surface area contributed by atoms with Crippen LogP contribution in [-0.4, -0.2) is 5.38 Å². The van der Waals surface area contributed by atoms with Crippen LogP contribution in [0.4, 0.5) is 0 Å². The van der Waals surface area contributed by atoms with Crippen molar-refractivity contribution in [2.45, 2.75) is 57.2 Å². The van der Waals surface area contributed by atoms with Crippen LogP contribution < -0.4 is 0 Å². The number of halogens is 1. The second-order valence-corrected chi connectivity index (χ2v) is 5.70. The Balaban J connectivity index is 1.93. The summed E-state index contributed by atoms with van der Waals surface area (Å²) in [5.41, 5.74) is 2.23. The number of hydrogen-bond acceptors (Lipinski definition) is 0. The highest BCUT2D eigenvalue weighted by molar-refractivity contribution is 6.20. The number of allylic oxidation sites excluding steroid dienone is 2. The number of hydrogen-bond donors (Lipinski definition) is 0. The molecule has 2 aliphatic rings. The fourth-order valence-corrected chi connectivity index (χ4v) is 3.33. The highest BCUT2D eigenvalue weighted by Gasteiger charge is 2.34. The first-order valence-corrected chi connectivity index (χ1v) is 5.94. The molecule has 0 N–H and O–H groups in total. The minimum atomic E-state index is 0.451. The van der Waals surface area contributed by atoms with Gasteiger partial charge < -0.3 is 0 Å². The minimum absolute atomic E-state index is 0.451. The van der Waals surface area contributed by atoms with Crippen molar-refractivity contribution >= 4 is 11.6 Å². The lowest BCUT2D eigenvalue weighted by molar-refractivity contribution is 0.332. The van der Waals surface area contributed by atoms with Crippen molar-refractivity contribution in [3.05, 3.63) is 11.6 Å². The van der Waals surface area contributed by atoms with E-state index in [4.69, 9.17) is 11.6 Å². The lowest BCUT2D eigenvalue weighted by Gasteiger charge is -2.24. The summed E-state index contributed by atoms with van der Waals surface area (Å²) in [6, 6.07) is 0. The van der Waals surface area contributed by atoms with E-state index < -0.39 is 0 Å². The van der Waals surface area contributed by atoms with Crippen LogP contribution in [0.15, 0.2) is 11.6 Å². The monoisotopic (exact) mass is 198 g/mol. The van der Waals surface area contributed by atoms with Gasteiger partial charge in [-0.2, -0.15) is 0 Å². The van der Waals surface area contributed by atoms with Crippen molar-refractivity contribution in [3.63, 3.8) is 0 Å². The van der Waals surface area contributed by atoms with Crippen LogP contribution in [0, 0.1) is 5.41 Å². The Labute approximate surface area is 86.4 Å². The normalized spacial score (nSPS) is 39.5. The topological polar surface area (TPSA) is 0 Å². The van der Waals surface area contributed by atoms with Gasteiger partial charge in [0.1, 0.15) is 0 Å². The molecule has 1 saturated carbocycles. The van der Waals surface area contributed by atoms with Gasteiger partial charge in [-0.25, -0.2) is 0 Å². The molecule has 0 aromatic carbocycles. The predicted octanol–water partition coefficient (Wildman–Crippen LogP) is 4.28. The van der Waals surface area contributed by atoms with Crippen molar-refractivity contribution in [1.82, 2.24) is 0 Å². The Kier molecular flexibility index (Phi) is 2.69. The standard InChI is InChI=1S/C12H19Cl/c1-12(7-6-11(13)9-12)8-10-4-2-3-5-10/h4,11H,2-3,5-9H2,1H3. The summed E-state index contributed by atoms with van der Waals surface area (Å²) in [7, 11) is 0. The molecule has 0 nitrogen and oxygen atoms in total. The van der Waals surface area contributed by atoms with Gasteiger partial charge in [-0.1, -0.05) is 18.6 Å². The molecular formula is C12H19Cl. The van der Waals surface area contributed by atoms with Gasteiger partial charge in [-0.15, -0.1) is 11.6 Å². The molecule has 2 rings (SSSR count). The van der Waals surface area contributed by atoms with Gasteiger partial charge in [-0.05, 0) is 50.4 Å². The van der Waals surface area contributed by atoms with Crippen LogP contribution in [0.5, 0.6) is 0 Å². The van der Waals surface area contributed by atoms with E-state index in [1.165, 1.54) is 44.9 Å². The molecule has 74 valence electrons. The Morgan fingerprint density at radius 1 is 1.62 bits per heavy atom. The van der Waals surface area contributed by atoms with Crippen LogP contribution >= 0.6 is 11.6 Å². The molecule has 0 aromatic heterocycles. The third-order valence-corrected chi connectivity index (χ3v) is 3.94. The molecule has 0 amide bonds. The lowest BCUT2D eigenvalue weighted by atomic mass is 9.82. The molecular weight excluding hydrogens is 180 g/mol. The molecule has 0 saturated heterocycles. The molecule has 0 aromatic rings. The molecule has 1 heteroatoms. The third kappa shape index (κ3) is 2.28. The zero-order chi connectivity index (χ0) is 9.31. The Bertz CT molecular complexity index is 219. The lowest BCUT2D eigenvalue weighted by Crippen LogP contribution is -2.12. The van der Waals surface area contributed by atoms with E-state index >= 15 is 0 Å². The van der Waals surface area contributed by atoms with E-state index in [1.807, 2.05) is 0 Å². The molecule has 2 aliphatic carbocycles. The SMILES string of the molecule is CC1(CC2=CCCC2)CCC(Cl)C1. The van der Waals surface area contributed by atoms with E-state index in [0.29, 0.717) is 10.8 Å². The Morgan fingerprint density at radius 2 is 2.46 bits per heavy atom. The molecule has 2 atom stereocenters. The van der Waals surface area contributed by atoms with Crippen molar-refractivity contribution in [3.8, 4) is 0 Å². The van der Waals surface area contributed by atoms with E-state index in [1.54, 1.807) is 5.57 Å². The van der Waals surface area contributed by atoms with Crippen LogP contribution in [0.1, 0.15) is 51.9 Å². The molecule has 0 spiro atoms. The summed E-state index contributed by atoms with van der Waals surface area (Å²) < 4.78 is 0. The van der Waals surface area contributed by atoms with Gasteiger partial charge >= 0.3 is 0 Å². The molecule has 0 bridgehead atoms. The fraction of sp³-hybridized carbons (Fsp3) is 0.833. The second-order valence-electron chi connectivity index (χ2n) is 5.08. The average Bonchev–Trinajstić information content (AvgIpc) is 2.62. The maximum absolute atomic E-state index is 6.16. The van der Waals surface area contributed by atoms with Gasteiger partial charge in [0, 0.05) is 5.38 Å². The molecule has 2 unspecified atom stereocenters. The third-order valence-electron chi connectivity index (χ3n) is 3.56. The fourth-order valence-electron chi connectivity index (χ4n) is 2.85. The first-order valence-electron chi connectivity index (χ1n) is 5.50. The van der Waals surface area contributed by atoms with E-state index in [0.717, 1.165) is 0 Å². The van der Waals surface area contributed by atoms with E-state index in [2.05, 4.69) is 13.0 Å². The quantitative estimate of drug-likeness (QED) is 0.459. The maximum Gasteiger partial charge on any atom is 0.0341 e. The zero-order valence-electron chi connectivity index (χ0n) is 8.48. The Hall–Kier alpha value is 0.0300. The van der Waals surface area contributed by atoms with Crippen molar-refractivity contribution in [1.29, 1.82) is 0 Å². The largest absolute Gasteiger partial charge is 0.123 e. The highest BCUT2D eigenvalue weighted by Crippen LogP contribution is 2.46. The van der Waals surface area contributed by atoms with Gasteiger partial charge in [0.25, 0.3) is 0 Å². The summed E-state index contributed by atoms with van der Waals surface area (Å²) in [4.78, 5) is 0. The predicted molar refractivity (Wildman–Crippen MR) is 58.2 cm³/mol. The van der Waals surface area contributed by atoms with Crippen molar-refractivity contribution < 1.29 is 0 Å². The second kappa shape index (κ2) is 3.65. The van der Waals surface area contributed by atoms with Gasteiger partial charge in [0.05, 0.1) is 0 Å². The zero-order valence-corrected chi connectivity index (χ0v) is 9.24. The molecule has 0 radical (unpaired) electrons.